The molecule has 7 heteroatoms. The number of hydrogen-bond acceptors (Lipinski definition) is 3. The number of hydrogen-bond donors (Lipinski definition) is 2. The highest BCUT2D eigenvalue weighted by Gasteiger charge is 2.10. The highest BCUT2D eigenvalue weighted by molar-refractivity contribution is 9.10. The molecule has 0 aliphatic rings. The standard InChI is InChI=1S/C20H19BrN4O2/c1-14(26)23-17-8-6-15(7-9-17)12-20(27)24-19-10-11-22-25(19)13-16-4-2-3-5-18(16)21/h2-11H,12-13H2,1H3,(H,23,26)(H,24,27). The topological polar surface area (TPSA) is 76.0 Å². The maximum absolute atomic E-state index is 12.4. The minimum Gasteiger partial charge on any atom is -0.326 e. The summed E-state index contributed by atoms with van der Waals surface area (Å²) in [5.74, 6) is 0.389. The Hall–Kier alpha value is -2.93. The zero-order chi connectivity index (χ0) is 19.2. The van der Waals surface area contributed by atoms with Gasteiger partial charge in [0.05, 0.1) is 19.2 Å². The Morgan fingerprint density at radius 1 is 1.04 bits per heavy atom. The van der Waals surface area contributed by atoms with E-state index < -0.39 is 0 Å². The first-order valence-corrected chi connectivity index (χ1v) is 9.22. The van der Waals surface area contributed by atoms with E-state index >= 15 is 0 Å². The lowest BCUT2D eigenvalue weighted by Gasteiger charge is -2.10. The molecule has 27 heavy (non-hydrogen) atoms. The molecule has 2 aromatic carbocycles. The van der Waals surface area contributed by atoms with Gasteiger partial charge in [-0.3, -0.25) is 9.59 Å². The van der Waals surface area contributed by atoms with Crippen molar-refractivity contribution in [3.8, 4) is 0 Å². The van der Waals surface area contributed by atoms with Crippen molar-refractivity contribution < 1.29 is 9.59 Å². The van der Waals surface area contributed by atoms with Crippen molar-refractivity contribution >= 4 is 39.2 Å². The van der Waals surface area contributed by atoms with Gasteiger partial charge >= 0.3 is 0 Å². The summed E-state index contributed by atoms with van der Waals surface area (Å²) in [5.41, 5.74) is 2.64. The van der Waals surface area contributed by atoms with Gasteiger partial charge in [-0.25, -0.2) is 4.68 Å². The first-order valence-electron chi connectivity index (χ1n) is 8.43. The van der Waals surface area contributed by atoms with E-state index in [1.165, 1.54) is 6.92 Å². The van der Waals surface area contributed by atoms with Gasteiger partial charge in [0.1, 0.15) is 5.82 Å². The summed E-state index contributed by atoms with van der Waals surface area (Å²) in [4.78, 5) is 23.4. The molecule has 0 radical (unpaired) electrons. The van der Waals surface area contributed by atoms with Gasteiger partial charge in [0.25, 0.3) is 0 Å². The maximum Gasteiger partial charge on any atom is 0.229 e. The van der Waals surface area contributed by atoms with E-state index in [0.29, 0.717) is 18.1 Å². The average molecular weight is 427 g/mol. The van der Waals surface area contributed by atoms with Crippen LogP contribution in [-0.2, 0) is 22.6 Å². The molecule has 0 unspecified atom stereocenters. The molecule has 1 heterocycles. The lowest BCUT2D eigenvalue weighted by Crippen LogP contribution is -2.18. The first-order chi connectivity index (χ1) is 13.0. The molecule has 3 rings (SSSR count). The lowest BCUT2D eigenvalue weighted by molar-refractivity contribution is -0.116. The Balaban J connectivity index is 1.62. The second kappa shape index (κ2) is 8.64. The molecule has 2 N–H and O–H groups in total. The predicted octanol–water partition coefficient (Wildman–Crippen LogP) is 3.83. The van der Waals surface area contributed by atoms with Gasteiger partial charge in [-0.2, -0.15) is 5.10 Å². The molecule has 0 aliphatic carbocycles. The van der Waals surface area contributed by atoms with Crippen molar-refractivity contribution in [2.24, 2.45) is 0 Å². The summed E-state index contributed by atoms with van der Waals surface area (Å²) in [7, 11) is 0. The first kappa shape index (κ1) is 18.8. The van der Waals surface area contributed by atoms with Crippen LogP contribution in [0.15, 0.2) is 65.3 Å². The quantitative estimate of drug-likeness (QED) is 0.628. The molecule has 0 spiro atoms. The molecule has 138 valence electrons. The third-order valence-corrected chi connectivity index (χ3v) is 4.67. The molecule has 0 saturated carbocycles. The van der Waals surface area contributed by atoms with Crippen molar-refractivity contribution in [3.63, 3.8) is 0 Å². The fourth-order valence-corrected chi connectivity index (χ4v) is 3.04. The Kier molecular flexibility index (Phi) is 6.03. The normalized spacial score (nSPS) is 10.4. The number of amides is 2. The number of carbonyl (C=O) groups excluding carboxylic acids is 2. The number of aromatic nitrogens is 2. The predicted molar refractivity (Wildman–Crippen MR) is 109 cm³/mol. The van der Waals surface area contributed by atoms with Gasteiger partial charge in [0, 0.05) is 23.2 Å². The monoisotopic (exact) mass is 426 g/mol. The summed E-state index contributed by atoms with van der Waals surface area (Å²) in [6.07, 6.45) is 1.90. The largest absolute Gasteiger partial charge is 0.326 e. The number of halogens is 1. The SMILES string of the molecule is CC(=O)Nc1ccc(CC(=O)Nc2ccnn2Cc2ccccc2Br)cc1. The molecule has 0 fully saturated rings. The Morgan fingerprint density at radius 3 is 2.48 bits per heavy atom. The van der Waals surface area contributed by atoms with E-state index in [2.05, 4.69) is 31.7 Å². The van der Waals surface area contributed by atoms with E-state index in [-0.39, 0.29) is 18.2 Å². The molecular formula is C20H19BrN4O2. The molecule has 0 aliphatic heterocycles. The van der Waals surface area contributed by atoms with Crippen LogP contribution in [0.25, 0.3) is 0 Å². The van der Waals surface area contributed by atoms with E-state index in [0.717, 1.165) is 15.6 Å². The Bertz CT molecular complexity index is 951. The van der Waals surface area contributed by atoms with Crippen LogP contribution in [0.3, 0.4) is 0 Å². The third-order valence-electron chi connectivity index (χ3n) is 3.90. The molecule has 1 aromatic heterocycles. The van der Waals surface area contributed by atoms with Gasteiger partial charge < -0.3 is 10.6 Å². The van der Waals surface area contributed by atoms with Crippen molar-refractivity contribution in [1.29, 1.82) is 0 Å². The van der Waals surface area contributed by atoms with E-state index in [1.54, 1.807) is 29.1 Å². The van der Waals surface area contributed by atoms with E-state index in [4.69, 9.17) is 0 Å². The molecule has 6 nitrogen and oxygen atoms in total. The van der Waals surface area contributed by atoms with Crippen molar-refractivity contribution in [2.45, 2.75) is 19.9 Å². The van der Waals surface area contributed by atoms with Crippen LogP contribution >= 0.6 is 15.9 Å². The second-order valence-electron chi connectivity index (χ2n) is 6.07. The van der Waals surface area contributed by atoms with Crippen LogP contribution in [0, 0.1) is 0 Å². The van der Waals surface area contributed by atoms with Crippen LogP contribution in [0.4, 0.5) is 11.5 Å². The summed E-state index contributed by atoms with van der Waals surface area (Å²) in [6, 6.07) is 16.9. The fourth-order valence-electron chi connectivity index (χ4n) is 2.63. The molecule has 2 amide bonds. The summed E-state index contributed by atoms with van der Waals surface area (Å²) < 4.78 is 2.75. The van der Waals surface area contributed by atoms with E-state index in [9.17, 15) is 9.59 Å². The van der Waals surface area contributed by atoms with Crippen LogP contribution in [-0.4, -0.2) is 21.6 Å². The summed E-state index contributed by atoms with van der Waals surface area (Å²) in [5, 5.41) is 9.90. The molecule has 0 bridgehead atoms. The van der Waals surface area contributed by atoms with Crippen LogP contribution in [0.2, 0.25) is 0 Å². The average Bonchev–Trinajstić information content (AvgIpc) is 3.05. The van der Waals surface area contributed by atoms with Gasteiger partial charge in [0.15, 0.2) is 0 Å². The van der Waals surface area contributed by atoms with Gasteiger partial charge in [-0.15, -0.1) is 0 Å². The Labute approximate surface area is 165 Å². The van der Waals surface area contributed by atoms with Crippen molar-refractivity contribution in [2.75, 3.05) is 10.6 Å². The fraction of sp³-hybridized carbons (Fsp3) is 0.150. The lowest BCUT2D eigenvalue weighted by atomic mass is 10.1. The van der Waals surface area contributed by atoms with Crippen molar-refractivity contribution in [3.05, 3.63) is 76.4 Å². The molecule has 0 saturated heterocycles. The number of nitrogens with zero attached hydrogens (tertiary/aromatic N) is 2. The Morgan fingerprint density at radius 2 is 1.78 bits per heavy atom. The van der Waals surface area contributed by atoms with Crippen molar-refractivity contribution in [1.82, 2.24) is 9.78 Å². The highest BCUT2D eigenvalue weighted by Crippen LogP contribution is 2.19. The molecule has 0 atom stereocenters. The number of nitrogens with one attached hydrogen (secondary N) is 2. The zero-order valence-electron chi connectivity index (χ0n) is 14.8. The number of anilines is 2. The van der Waals surface area contributed by atoms with Gasteiger partial charge in [0.2, 0.25) is 11.8 Å². The van der Waals surface area contributed by atoms with Crippen LogP contribution in [0.5, 0.6) is 0 Å². The number of carbonyl (C=O) groups is 2. The van der Waals surface area contributed by atoms with E-state index in [1.807, 2.05) is 36.4 Å². The van der Waals surface area contributed by atoms with Crippen LogP contribution in [0.1, 0.15) is 18.1 Å². The third kappa shape index (κ3) is 5.27. The molecular weight excluding hydrogens is 408 g/mol. The maximum atomic E-state index is 12.4. The summed E-state index contributed by atoms with van der Waals surface area (Å²) >= 11 is 3.53. The number of benzene rings is 2. The molecule has 3 aromatic rings. The smallest absolute Gasteiger partial charge is 0.229 e. The minimum atomic E-state index is -0.129. The number of rotatable bonds is 6. The highest BCUT2D eigenvalue weighted by atomic mass is 79.9. The summed E-state index contributed by atoms with van der Waals surface area (Å²) in [6.45, 7) is 2.01. The van der Waals surface area contributed by atoms with Gasteiger partial charge in [-0.1, -0.05) is 46.3 Å². The minimum absolute atomic E-state index is 0.126. The van der Waals surface area contributed by atoms with Gasteiger partial charge in [-0.05, 0) is 29.3 Å². The second-order valence-corrected chi connectivity index (χ2v) is 6.92. The zero-order valence-corrected chi connectivity index (χ0v) is 16.4. The van der Waals surface area contributed by atoms with Crippen LogP contribution < -0.4 is 10.6 Å².